The Balaban J connectivity index is 1.34. The largest absolute Gasteiger partial charge is 0.372 e. The Hall–Kier alpha value is -2.44. The topological polar surface area (TPSA) is 49.7 Å². The van der Waals surface area contributed by atoms with E-state index in [1.54, 1.807) is 11.3 Å². The van der Waals surface area contributed by atoms with E-state index in [4.69, 9.17) is 4.98 Å². The van der Waals surface area contributed by atoms with Crippen LogP contribution >= 0.6 is 11.3 Å². The molecule has 0 aliphatic carbocycles. The van der Waals surface area contributed by atoms with Crippen LogP contribution in [0.5, 0.6) is 0 Å². The Labute approximate surface area is 170 Å². The van der Waals surface area contributed by atoms with Crippen LogP contribution in [0.3, 0.4) is 0 Å². The first kappa shape index (κ1) is 18.9. The molecule has 1 aliphatic rings. The highest BCUT2D eigenvalue weighted by molar-refractivity contribution is 7.18. The van der Waals surface area contributed by atoms with Crippen molar-refractivity contribution in [2.24, 2.45) is 0 Å². The maximum Gasteiger partial charge on any atom is 0.279 e. The van der Waals surface area contributed by atoms with Gasteiger partial charge in [0.25, 0.3) is 5.91 Å². The molecular formula is C22H27N4OS+. The van der Waals surface area contributed by atoms with E-state index in [0.29, 0.717) is 6.54 Å². The summed E-state index contributed by atoms with van der Waals surface area (Å²) >= 11 is 1.71. The van der Waals surface area contributed by atoms with Gasteiger partial charge in [0.1, 0.15) is 6.04 Å². The predicted octanol–water partition coefficient (Wildman–Crippen LogP) is 3.11. The Kier molecular flexibility index (Phi) is 5.59. The van der Waals surface area contributed by atoms with E-state index < -0.39 is 0 Å². The number of anilines is 2. The van der Waals surface area contributed by atoms with Crippen molar-refractivity contribution in [2.45, 2.75) is 25.8 Å². The summed E-state index contributed by atoms with van der Waals surface area (Å²) in [4.78, 5) is 20.8. The Morgan fingerprint density at radius 1 is 1.18 bits per heavy atom. The molecule has 2 N–H and O–H groups in total. The predicted molar refractivity (Wildman–Crippen MR) is 116 cm³/mol. The summed E-state index contributed by atoms with van der Waals surface area (Å²) in [5.41, 5.74) is 3.13. The third-order valence-electron chi connectivity index (χ3n) is 5.48. The van der Waals surface area contributed by atoms with Crippen molar-refractivity contribution in [3.05, 3.63) is 53.5 Å². The molecule has 1 aromatic heterocycles. The van der Waals surface area contributed by atoms with Crippen molar-refractivity contribution in [1.29, 1.82) is 0 Å². The van der Waals surface area contributed by atoms with Gasteiger partial charge in [0.15, 0.2) is 11.6 Å². The second-order valence-corrected chi connectivity index (χ2v) is 8.62. The van der Waals surface area contributed by atoms with Crippen LogP contribution in [0.15, 0.2) is 48.5 Å². The number of nitrogens with one attached hydrogen (secondary N) is 2. The maximum absolute atomic E-state index is 12.5. The molecule has 2 aromatic carbocycles. The van der Waals surface area contributed by atoms with Gasteiger partial charge in [-0.05, 0) is 56.2 Å². The number of hydrogen-bond acceptors (Lipinski definition) is 4. The molecule has 1 aliphatic heterocycles. The van der Waals surface area contributed by atoms with Gasteiger partial charge in [-0.25, -0.2) is 4.98 Å². The number of fused-ring (bicyclic) bond motifs is 1. The van der Waals surface area contributed by atoms with Crippen molar-refractivity contribution >= 4 is 38.8 Å². The van der Waals surface area contributed by atoms with Gasteiger partial charge in [-0.2, -0.15) is 0 Å². The highest BCUT2D eigenvalue weighted by Crippen LogP contribution is 2.25. The number of aromatic nitrogens is 1. The Morgan fingerprint density at radius 2 is 1.89 bits per heavy atom. The first-order chi connectivity index (χ1) is 13.6. The lowest BCUT2D eigenvalue weighted by Gasteiger charge is -2.20. The lowest BCUT2D eigenvalue weighted by molar-refractivity contribution is -0.902. The van der Waals surface area contributed by atoms with E-state index in [0.717, 1.165) is 34.2 Å². The van der Waals surface area contributed by atoms with Crippen LogP contribution in [0.4, 0.5) is 11.4 Å². The van der Waals surface area contributed by atoms with Gasteiger partial charge < -0.3 is 15.1 Å². The quantitative estimate of drug-likeness (QED) is 0.674. The molecule has 2 heterocycles. The zero-order valence-electron chi connectivity index (χ0n) is 16.4. The zero-order valence-corrected chi connectivity index (χ0v) is 17.3. The highest BCUT2D eigenvalue weighted by Gasteiger charge is 2.22. The minimum atomic E-state index is 0.0272. The van der Waals surface area contributed by atoms with Crippen LogP contribution in [0.2, 0.25) is 0 Å². The number of thiazole rings is 1. The molecule has 146 valence electrons. The number of hydrogen-bond donors (Lipinski definition) is 2. The van der Waals surface area contributed by atoms with Gasteiger partial charge in [-0.3, -0.25) is 4.79 Å². The van der Waals surface area contributed by atoms with Gasteiger partial charge in [0, 0.05) is 24.5 Å². The first-order valence-corrected chi connectivity index (χ1v) is 10.7. The summed E-state index contributed by atoms with van der Waals surface area (Å²) in [5.74, 6) is 0.0272. The monoisotopic (exact) mass is 395 g/mol. The van der Waals surface area contributed by atoms with E-state index >= 15 is 0 Å². The molecule has 28 heavy (non-hydrogen) atoms. The lowest BCUT2D eigenvalue weighted by atomic mass is 10.2. The fraction of sp³-hybridized carbons (Fsp3) is 0.364. The number of likely N-dealkylation sites (N-methyl/N-ethyl adjacent to an activating group) is 1. The molecule has 1 saturated heterocycles. The molecule has 6 heteroatoms. The summed E-state index contributed by atoms with van der Waals surface area (Å²) in [5, 5.41) is 4.10. The molecule has 5 nitrogen and oxygen atoms in total. The molecule has 3 aromatic rings. The number of benzene rings is 2. The fourth-order valence-corrected chi connectivity index (χ4v) is 4.74. The molecule has 4 rings (SSSR count). The normalized spacial score (nSPS) is 16.3. The molecule has 1 amide bonds. The third kappa shape index (κ3) is 4.18. The summed E-state index contributed by atoms with van der Waals surface area (Å²) in [7, 11) is 2.05. The standard InChI is InChI=1S/C22H26N4OS/c1-16(22-24-19-7-3-4-8-20(19)28-22)25(2)15-21(27)23-17-9-11-18(12-10-17)26-13-5-6-14-26/h3-4,7-12,16H,5-6,13-15H2,1-2H3,(H,23,27)/p+1/t16-/m0/s1. The first-order valence-electron chi connectivity index (χ1n) is 9.93. The highest BCUT2D eigenvalue weighted by atomic mass is 32.1. The molecule has 0 bridgehead atoms. The number of rotatable bonds is 6. The van der Waals surface area contributed by atoms with Crippen LogP contribution in [0.1, 0.15) is 30.8 Å². The van der Waals surface area contributed by atoms with E-state index in [9.17, 15) is 4.79 Å². The zero-order chi connectivity index (χ0) is 19.5. The lowest BCUT2D eigenvalue weighted by Crippen LogP contribution is -3.10. The van der Waals surface area contributed by atoms with Crippen molar-refractivity contribution < 1.29 is 9.69 Å². The number of carbonyl (C=O) groups is 1. The molecule has 0 saturated carbocycles. The third-order valence-corrected chi connectivity index (χ3v) is 6.70. The van der Waals surface area contributed by atoms with Crippen LogP contribution in [-0.4, -0.2) is 37.6 Å². The van der Waals surface area contributed by atoms with Gasteiger partial charge in [0.2, 0.25) is 0 Å². The summed E-state index contributed by atoms with van der Waals surface area (Å²) < 4.78 is 1.19. The molecule has 0 radical (unpaired) electrons. The number of para-hydroxylation sites is 1. The fourth-order valence-electron chi connectivity index (χ4n) is 3.63. The van der Waals surface area contributed by atoms with Gasteiger partial charge >= 0.3 is 0 Å². The van der Waals surface area contributed by atoms with Crippen LogP contribution in [0, 0.1) is 0 Å². The van der Waals surface area contributed by atoms with Crippen molar-refractivity contribution in [1.82, 2.24) is 4.98 Å². The number of carbonyl (C=O) groups excluding carboxylic acids is 1. The molecule has 0 spiro atoms. The van der Waals surface area contributed by atoms with Gasteiger partial charge in [-0.15, -0.1) is 11.3 Å². The minimum Gasteiger partial charge on any atom is -0.372 e. The SMILES string of the molecule is C[C@@H](c1nc2ccccc2s1)[NH+](C)CC(=O)Nc1ccc(N2CCCC2)cc1. The van der Waals surface area contributed by atoms with Gasteiger partial charge in [0.05, 0.1) is 17.3 Å². The number of quaternary nitrogens is 1. The number of nitrogens with zero attached hydrogens (tertiary/aromatic N) is 2. The van der Waals surface area contributed by atoms with Crippen LogP contribution in [-0.2, 0) is 4.79 Å². The van der Waals surface area contributed by atoms with Crippen molar-refractivity contribution in [3.63, 3.8) is 0 Å². The van der Waals surface area contributed by atoms with E-state index in [-0.39, 0.29) is 11.9 Å². The molecule has 1 fully saturated rings. The molecule has 1 unspecified atom stereocenters. The van der Waals surface area contributed by atoms with E-state index in [2.05, 4.69) is 35.3 Å². The smallest absolute Gasteiger partial charge is 0.279 e. The Morgan fingerprint density at radius 3 is 2.61 bits per heavy atom. The van der Waals surface area contributed by atoms with Crippen molar-refractivity contribution in [3.8, 4) is 0 Å². The molecular weight excluding hydrogens is 368 g/mol. The summed E-state index contributed by atoms with van der Waals surface area (Å²) in [6, 6.07) is 16.5. The average Bonchev–Trinajstić information content (AvgIpc) is 3.37. The summed E-state index contributed by atoms with van der Waals surface area (Å²) in [6.45, 7) is 4.79. The maximum atomic E-state index is 12.5. The second kappa shape index (κ2) is 8.29. The van der Waals surface area contributed by atoms with E-state index in [1.807, 2.05) is 37.4 Å². The number of amides is 1. The van der Waals surface area contributed by atoms with Crippen LogP contribution in [0.25, 0.3) is 10.2 Å². The average molecular weight is 396 g/mol. The molecule has 2 atom stereocenters. The summed E-state index contributed by atoms with van der Waals surface area (Å²) in [6.07, 6.45) is 2.53. The second-order valence-electron chi connectivity index (χ2n) is 7.55. The minimum absolute atomic E-state index is 0.0272. The Bertz CT molecular complexity index is 914. The van der Waals surface area contributed by atoms with E-state index in [1.165, 1.54) is 23.2 Å². The van der Waals surface area contributed by atoms with Gasteiger partial charge in [-0.1, -0.05) is 12.1 Å². The van der Waals surface area contributed by atoms with Crippen LogP contribution < -0.4 is 15.1 Å². The van der Waals surface area contributed by atoms with Crippen molar-refractivity contribution in [2.75, 3.05) is 36.9 Å².